The fraction of sp³-hybridized carbons (Fsp3) is 0.421. The Kier molecular flexibility index (Phi) is 5.98. The van der Waals surface area contributed by atoms with Gasteiger partial charge in [-0.25, -0.2) is 9.37 Å². The average Bonchev–Trinajstić information content (AvgIpc) is 3.04. The minimum atomic E-state index is -0.772. The Morgan fingerprint density at radius 3 is 2.58 bits per heavy atom. The van der Waals surface area contributed by atoms with Crippen LogP contribution in [-0.4, -0.2) is 40.0 Å². The number of rotatable bonds is 6. The maximum absolute atomic E-state index is 13.0. The Morgan fingerprint density at radius 1 is 1.23 bits per heavy atom. The number of hydrogen-bond acceptors (Lipinski definition) is 4. The lowest BCUT2D eigenvalue weighted by atomic mass is 9.93. The van der Waals surface area contributed by atoms with Gasteiger partial charge < -0.3 is 10.0 Å². The van der Waals surface area contributed by atoms with Crippen molar-refractivity contribution in [3.05, 3.63) is 51.7 Å². The van der Waals surface area contributed by atoms with Crippen molar-refractivity contribution in [2.75, 3.05) is 13.1 Å². The molecule has 1 aliphatic heterocycles. The van der Waals surface area contributed by atoms with Crippen LogP contribution in [0.25, 0.3) is 0 Å². The van der Waals surface area contributed by atoms with Gasteiger partial charge in [-0.2, -0.15) is 0 Å². The van der Waals surface area contributed by atoms with E-state index >= 15 is 0 Å². The third kappa shape index (κ3) is 5.11. The van der Waals surface area contributed by atoms with Crippen LogP contribution in [0.3, 0.4) is 0 Å². The highest BCUT2D eigenvalue weighted by Crippen LogP contribution is 2.22. The van der Waals surface area contributed by atoms with E-state index in [1.165, 1.54) is 23.5 Å². The third-order valence-corrected chi connectivity index (χ3v) is 5.53. The van der Waals surface area contributed by atoms with Crippen LogP contribution in [0.15, 0.2) is 29.6 Å². The molecule has 0 aliphatic carbocycles. The molecule has 0 radical (unpaired) electrons. The predicted molar refractivity (Wildman–Crippen MR) is 96.6 cm³/mol. The van der Waals surface area contributed by atoms with E-state index in [1.54, 1.807) is 17.0 Å². The van der Waals surface area contributed by atoms with Crippen molar-refractivity contribution < 1.29 is 19.1 Å². The van der Waals surface area contributed by atoms with E-state index in [4.69, 9.17) is 5.11 Å². The first-order valence-electron chi connectivity index (χ1n) is 8.67. The van der Waals surface area contributed by atoms with Gasteiger partial charge in [0.1, 0.15) is 5.82 Å². The Morgan fingerprint density at radius 2 is 1.92 bits per heavy atom. The fourth-order valence-electron chi connectivity index (χ4n) is 3.19. The average molecular weight is 376 g/mol. The number of carbonyl (C=O) groups excluding carboxylic acids is 1. The minimum Gasteiger partial charge on any atom is -0.481 e. The van der Waals surface area contributed by atoms with Crippen molar-refractivity contribution in [2.45, 2.75) is 32.1 Å². The lowest BCUT2D eigenvalue weighted by Crippen LogP contribution is -2.39. The van der Waals surface area contributed by atoms with Crippen molar-refractivity contribution in [3.63, 3.8) is 0 Å². The number of aromatic nitrogens is 1. The van der Waals surface area contributed by atoms with Crippen LogP contribution in [0.1, 0.15) is 35.5 Å². The molecule has 2 aromatic rings. The summed E-state index contributed by atoms with van der Waals surface area (Å²) >= 11 is 1.50. The highest BCUT2D eigenvalue weighted by Gasteiger charge is 2.24. The summed E-state index contributed by atoms with van der Waals surface area (Å²) in [6.45, 7) is 1.23. The molecule has 1 fully saturated rings. The third-order valence-electron chi connectivity index (χ3n) is 4.63. The van der Waals surface area contributed by atoms with Crippen LogP contribution in [-0.2, 0) is 22.4 Å². The maximum Gasteiger partial charge on any atom is 0.303 e. The van der Waals surface area contributed by atoms with Crippen molar-refractivity contribution in [2.24, 2.45) is 5.92 Å². The molecule has 1 aromatic heterocycles. The number of carbonyl (C=O) groups is 2. The fourth-order valence-corrected chi connectivity index (χ4v) is 4.02. The van der Waals surface area contributed by atoms with Crippen molar-refractivity contribution >= 4 is 23.2 Å². The van der Waals surface area contributed by atoms with Gasteiger partial charge in [-0.3, -0.25) is 9.59 Å². The molecule has 1 amide bonds. The summed E-state index contributed by atoms with van der Waals surface area (Å²) < 4.78 is 13.0. The second-order valence-electron chi connectivity index (χ2n) is 6.63. The molecule has 1 aliphatic rings. The molecule has 2 heterocycles. The zero-order valence-corrected chi connectivity index (χ0v) is 15.2. The summed E-state index contributed by atoms with van der Waals surface area (Å²) in [5.41, 5.74) is 1.74. The Hall–Kier alpha value is -2.28. The summed E-state index contributed by atoms with van der Waals surface area (Å²) in [7, 11) is 0. The van der Waals surface area contributed by atoms with Gasteiger partial charge in [0.05, 0.1) is 17.1 Å². The topological polar surface area (TPSA) is 70.5 Å². The Balaban J connectivity index is 1.50. The number of hydrogen-bond donors (Lipinski definition) is 1. The van der Waals surface area contributed by atoms with E-state index in [0.29, 0.717) is 19.5 Å². The van der Waals surface area contributed by atoms with Gasteiger partial charge in [0.15, 0.2) is 0 Å². The van der Waals surface area contributed by atoms with Crippen LogP contribution in [0.2, 0.25) is 0 Å². The van der Waals surface area contributed by atoms with E-state index in [1.807, 2.05) is 5.38 Å². The predicted octanol–water partition coefficient (Wildman–Crippen LogP) is 3.13. The van der Waals surface area contributed by atoms with Crippen molar-refractivity contribution in [1.82, 2.24) is 9.88 Å². The quantitative estimate of drug-likeness (QED) is 0.841. The van der Waals surface area contributed by atoms with Gasteiger partial charge >= 0.3 is 5.97 Å². The molecule has 5 nitrogen and oxygen atoms in total. The molecular weight excluding hydrogens is 355 g/mol. The standard InChI is InChI=1S/C19H21FN2O3S/c20-15-3-1-13(2-4-15)9-17-21-16(12-26-17)11-18(23)22-7-5-14(6-8-22)10-19(24)25/h1-4,12,14H,5-11H2,(H,24,25). The second kappa shape index (κ2) is 8.40. The number of thiazole rings is 1. The van der Waals surface area contributed by atoms with Crippen molar-refractivity contribution in [3.8, 4) is 0 Å². The molecule has 0 spiro atoms. The van der Waals surface area contributed by atoms with Gasteiger partial charge in [-0.15, -0.1) is 11.3 Å². The van der Waals surface area contributed by atoms with Crippen LogP contribution in [0.5, 0.6) is 0 Å². The number of likely N-dealkylation sites (tertiary alicyclic amines) is 1. The second-order valence-corrected chi connectivity index (χ2v) is 7.58. The van der Waals surface area contributed by atoms with Gasteiger partial charge in [-0.05, 0) is 36.5 Å². The van der Waals surface area contributed by atoms with Gasteiger partial charge in [0.2, 0.25) is 5.91 Å². The summed E-state index contributed by atoms with van der Waals surface area (Å²) in [6.07, 6.45) is 2.56. The first kappa shape index (κ1) is 18.5. The number of nitrogens with zero attached hydrogens (tertiary/aromatic N) is 2. The summed E-state index contributed by atoms with van der Waals surface area (Å²) in [6, 6.07) is 6.34. The molecule has 1 N–H and O–H groups in total. The summed E-state index contributed by atoms with van der Waals surface area (Å²) in [4.78, 5) is 29.5. The molecule has 0 unspecified atom stereocenters. The van der Waals surface area contributed by atoms with E-state index < -0.39 is 5.97 Å². The summed E-state index contributed by atoms with van der Waals surface area (Å²) in [5.74, 6) is -0.826. The van der Waals surface area contributed by atoms with Gasteiger partial charge in [0.25, 0.3) is 0 Å². The Labute approximate surface area is 155 Å². The molecule has 0 saturated carbocycles. The molecule has 1 aromatic carbocycles. The Bertz CT molecular complexity index is 767. The number of aliphatic carboxylic acids is 1. The van der Waals surface area contributed by atoms with E-state index in [9.17, 15) is 14.0 Å². The number of benzene rings is 1. The SMILES string of the molecule is O=C(O)CC1CCN(C(=O)Cc2csc(Cc3ccc(F)cc3)n2)CC1. The first-order valence-corrected chi connectivity index (χ1v) is 9.55. The number of carboxylic acids is 1. The van der Waals surface area contributed by atoms with Crippen LogP contribution < -0.4 is 0 Å². The van der Waals surface area contributed by atoms with Crippen molar-refractivity contribution in [1.29, 1.82) is 0 Å². The molecule has 26 heavy (non-hydrogen) atoms. The lowest BCUT2D eigenvalue weighted by Gasteiger charge is -2.31. The normalized spacial score (nSPS) is 15.2. The van der Waals surface area contributed by atoms with E-state index in [0.717, 1.165) is 29.1 Å². The van der Waals surface area contributed by atoms with Gasteiger partial charge in [0, 0.05) is 31.3 Å². The van der Waals surface area contributed by atoms with E-state index in [2.05, 4.69) is 4.98 Å². The molecule has 0 bridgehead atoms. The van der Waals surface area contributed by atoms with Crippen LogP contribution in [0, 0.1) is 11.7 Å². The molecule has 3 rings (SSSR count). The molecule has 1 saturated heterocycles. The number of carboxylic acid groups (broad SMARTS) is 1. The minimum absolute atomic E-state index is 0.0393. The van der Waals surface area contributed by atoms with E-state index in [-0.39, 0.29) is 30.5 Å². The molecule has 0 atom stereocenters. The summed E-state index contributed by atoms with van der Waals surface area (Å²) in [5, 5.41) is 11.7. The zero-order valence-electron chi connectivity index (χ0n) is 14.4. The number of halogens is 1. The van der Waals surface area contributed by atoms with Crippen LogP contribution in [0.4, 0.5) is 4.39 Å². The largest absolute Gasteiger partial charge is 0.481 e. The lowest BCUT2D eigenvalue weighted by molar-refractivity contribution is -0.138. The molecule has 7 heteroatoms. The smallest absolute Gasteiger partial charge is 0.303 e. The monoisotopic (exact) mass is 376 g/mol. The highest BCUT2D eigenvalue weighted by molar-refractivity contribution is 7.09. The van der Waals surface area contributed by atoms with Crippen LogP contribution >= 0.6 is 11.3 Å². The van der Waals surface area contributed by atoms with Gasteiger partial charge in [-0.1, -0.05) is 12.1 Å². The number of piperidine rings is 1. The first-order chi connectivity index (χ1) is 12.5. The molecular formula is C19H21FN2O3S. The maximum atomic E-state index is 13.0. The zero-order chi connectivity index (χ0) is 18.5. The number of amides is 1. The highest BCUT2D eigenvalue weighted by atomic mass is 32.1. The molecule has 138 valence electrons.